The van der Waals surface area contributed by atoms with Gasteiger partial charge in [-0.1, -0.05) is 67.9 Å². The summed E-state index contributed by atoms with van der Waals surface area (Å²) in [6.45, 7) is 3.59. The highest BCUT2D eigenvalue weighted by atomic mass is 16.6. The van der Waals surface area contributed by atoms with E-state index in [0.717, 1.165) is 10.5 Å². The first kappa shape index (κ1) is 29.1. The normalized spacial score (nSPS) is 16.5. The predicted octanol–water partition coefficient (Wildman–Crippen LogP) is 5.12. The standard InChI is InChI=1S/C31H32N4O6/c1-3-11-22(18-27(36)35-26(19-41-31(35)40)21-12-5-4-6-13-21)28(30(38)39)33-20(2)23-14-7-8-15-24(23)34-29(37)25-16-9-10-17-32-25/h4-10,12-17,22,26,28H,3,11,18-19H2,1-2H3,(H,34,37)(H,38,39)/t22-,26+,28-/m0/s1. The fraction of sp³-hybridized carbons (Fsp3) is 0.290. The van der Waals surface area contributed by atoms with Crippen molar-refractivity contribution in [3.05, 3.63) is 95.8 Å². The van der Waals surface area contributed by atoms with Crippen LogP contribution in [0.3, 0.4) is 0 Å². The molecule has 1 saturated heterocycles. The van der Waals surface area contributed by atoms with Gasteiger partial charge in [-0.25, -0.2) is 14.5 Å². The van der Waals surface area contributed by atoms with Gasteiger partial charge in [0.25, 0.3) is 5.91 Å². The lowest BCUT2D eigenvalue weighted by Gasteiger charge is -2.25. The third kappa shape index (κ3) is 7.02. The minimum absolute atomic E-state index is 0.0354. The summed E-state index contributed by atoms with van der Waals surface area (Å²) in [7, 11) is 0. The van der Waals surface area contributed by atoms with E-state index >= 15 is 0 Å². The molecule has 4 rings (SSSR count). The Balaban J connectivity index is 1.58. The number of imide groups is 1. The highest BCUT2D eigenvalue weighted by Gasteiger charge is 2.41. The smallest absolute Gasteiger partial charge is 0.417 e. The van der Waals surface area contributed by atoms with E-state index in [1.54, 1.807) is 49.4 Å². The number of hydrogen-bond donors (Lipinski definition) is 2. The van der Waals surface area contributed by atoms with Crippen molar-refractivity contribution in [2.24, 2.45) is 10.9 Å². The van der Waals surface area contributed by atoms with Gasteiger partial charge in [0.1, 0.15) is 18.3 Å². The van der Waals surface area contributed by atoms with Crippen LogP contribution in [0.25, 0.3) is 0 Å². The maximum absolute atomic E-state index is 13.4. The van der Waals surface area contributed by atoms with E-state index < -0.39 is 41.9 Å². The summed E-state index contributed by atoms with van der Waals surface area (Å²) in [4.78, 5) is 60.9. The second-order valence-corrected chi connectivity index (χ2v) is 9.73. The SMILES string of the molecule is CCC[C@@H](CC(=O)N1C(=O)OC[C@@H]1c1ccccc1)[C@H](N=C(C)c1ccccc1NC(=O)c1ccccn1)C(=O)O. The number of nitrogens with one attached hydrogen (secondary N) is 1. The molecule has 1 aromatic heterocycles. The lowest BCUT2D eigenvalue weighted by atomic mass is 9.90. The number of rotatable bonds is 11. The first-order valence-corrected chi connectivity index (χ1v) is 13.4. The summed E-state index contributed by atoms with van der Waals surface area (Å²) in [5, 5.41) is 13.0. The Morgan fingerprint density at radius 3 is 2.46 bits per heavy atom. The van der Waals surface area contributed by atoms with Crippen LogP contribution in [0.5, 0.6) is 0 Å². The van der Waals surface area contributed by atoms with Crippen LogP contribution in [-0.2, 0) is 14.3 Å². The zero-order chi connectivity index (χ0) is 29.4. The number of amides is 3. The van der Waals surface area contributed by atoms with Crippen LogP contribution in [-0.4, -0.2) is 57.2 Å². The predicted molar refractivity (Wildman–Crippen MR) is 153 cm³/mol. The molecule has 3 amide bonds. The number of carbonyl (C=O) groups is 4. The number of benzene rings is 2. The summed E-state index contributed by atoms with van der Waals surface area (Å²) in [6.07, 6.45) is 1.58. The average molecular weight is 557 g/mol. The first-order chi connectivity index (χ1) is 19.8. The summed E-state index contributed by atoms with van der Waals surface area (Å²) >= 11 is 0. The van der Waals surface area contributed by atoms with Crippen LogP contribution in [0.4, 0.5) is 10.5 Å². The molecule has 2 N–H and O–H groups in total. The third-order valence-corrected chi connectivity index (χ3v) is 6.92. The molecule has 3 atom stereocenters. The van der Waals surface area contributed by atoms with Gasteiger partial charge in [0, 0.05) is 29.8 Å². The summed E-state index contributed by atoms with van der Waals surface area (Å²) in [6, 6.07) is 19.2. The molecule has 0 aliphatic carbocycles. The quantitative estimate of drug-likeness (QED) is 0.313. The molecule has 10 nitrogen and oxygen atoms in total. The molecule has 212 valence electrons. The van der Waals surface area contributed by atoms with Gasteiger partial charge in [-0.3, -0.25) is 19.6 Å². The second kappa shape index (κ2) is 13.5. The number of aliphatic imine (C=N–C) groups is 1. The molecule has 1 fully saturated rings. The third-order valence-electron chi connectivity index (χ3n) is 6.92. The highest BCUT2D eigenvalue weighted by molar-refractivity contribution is 6.10. The van der Waals surface area contributed by atoms with Gasteiger partial charge < -0.3 is 15.2 Å². The van der Waals surface area contributed by atoms with E-state index in [1.807, 2.05) is 37.3 Å². The zero-order valence-electron chi connectivity index (χ0n) is 22.9. The molecule has 1 aliphatic rings. The van der Waals surface area contributed by atoms with E-state index in [9.17, 15) is 24.3 Å². The molecule has 0 unspecified atom stereocenters. The van der Waals surface area contributed by atoms with Gasteiger partial charge in [0.05, 0.1) is 5.69 Å². The molecule has 2 aromatic carbocycles. The van der Waals surface area contributed by atoms with E-state index in [0.29, 0.717) is 29.8 Å². The number of carbonyl (C=O) groups excluding carboxylic acids is 3. The van der Waals surface area contributed by atoms with Gasteiger partial charge in [-0.15, -0.1) is 0 Å². The Morgan fingerprint density at radius 1 is 1.07 bits per heavy atom. The Bertz CT molecular complexity index is 1430. The molecule has 10 heteroatoms. The van der Waals surface area contributed by atoms with E-state index in [2.05, 4.69) is 15.3 Å². The summed E-state index contributed by atoms with van der Waals surface area (Å²) in [5.41, 5.74) is 2.35. The Labute approximate surface area is 238 Å². The lowest BCUT2D eigenvalue weighted by Crippen LogP contribution is -2.38. The van der Waals surface area contributed by atoms with Crippen molar-refractivity contribution in [2.75, 3.05) is 11.9 Å². The van der Waals surface area contributed by atoms with Crippen molar-refractivity contribution in [3.8, 4) is 0 Å². The Hall–Kier alpha value is -4.86. The molecule has 0 bridgehead atoms. The minimum atomic E-state index is -1.26. The van der Waals surface area contributed by atoms with Crippen LogP contribution in [0.1, 0.15) is 60.8 Å². The van der Waals surface area contributed by atoms with Gasteiger partial charge in [-0.2, -0.15) is 0 Å². The fourth-order valence-electron chi connectivity index (χ4n) is 4.91. The number of hydrogen-bond acceptors (Lipinski definition) is 7. The summed E-state index contributed by atoms with van der Waals surface area (Å²) in [5.74, 6) is -2.79. The molecule has 2 heterocycles. The summed E-state index contributed by atoms with van der Waals surface area (Å²) < 4.78 is 5.19. The largest absolute Gasteiger partial charge is 0.480 e. The molecule has 0 spiro atoms. The van der Waals surface area contributed by atoms with Crippen molar-refractivity contribution >= 4 is 35.3 Å². The number of carboxylic acids is 1. The van der Waals surface area contributed by atoms with Crippen molar-refractivity contribution in [3.63, 3.8) is 0 Å². The van der Waals surface area contributed by atoms with Crippen molar-refractivity contribution in [2.45, 2.75) is 45.2 Å². The molecule has 3 aromatic rings. The van der Waals surface area contributed by atoms with Crippen LogP contribution in [0, 0.1) is 5.92 Å². The Morgan fingerprint density at radius 2 is 1.78 bits per heavy atom. The lowest BCUT2D eigenvalue weighted by molar-refractivity contribution is -0.140. The topological polar surface area (TPSA) is 138 Å². The maximum atomic E-state index is 13.4. The molecule has 0 saturated carbocycles. The second-order valence-electron chi connectivity index (χ2n) is 9.73. The van der Waals surface area contributed by atoms with Gasteiger partial charge in [0.2, 0.25) is 5.91 Å². The fourth-order valence-corrected chi connectivity index (χ4v) is 4.91. The van der Waals surface area contributed by atoms with Gasteiger partial charge in [0.15, 0.2) is 6.04 Å². The van der Waals surface area contributed by atoms with Crippen molar-refractivity contribution in [1.29, 1.82) is 0 Å². The van der Waals surface area contributed by atoms with Crippen molar-refractivity contribution in [1.82, 2.24) is 9.88 Å². The van der Waals surface area contributed by atoms with Crippen molar-refractivity contribution < 1.29 is 29.0 Å². The van der Waals surface area contributed by atoms with E-state index in [4.69, 9.17) is 4.74 Å². The number of ether oxygens (including phenoxy) is 1. The molecular weight excluding hydrogens is 524 g/mol. The van der Waals surface area contributed by atoms with E-state index in [1.165, 1.54) is 6.20 Å². The van der Waals surface area contributed by atoms with E-state index in [-0.39, 0.29) is 18.7 Å². The number of cyclic esters (lactones) is 1. The van der Waals surface area contributed by atoms with Crippen LogP contribution in [0.15, 0.2) is 84.0 Å². The average Bonchev–Trinajstić information content (AvgIpc) is 3.38. The number of carboxylic acid groups (broad SMARTS) is 1. The van der Waals surface area contributed by atoms with Crippen LogP contribution >= 0.6 is 0 Å². The molecule has 1 aliphatic heterocycles. The minimum Gasteiger partial charge on any atom is -0.480 e. The van der Waals surface area contributed by atoms with Crippen LogP contribution < -0.4 is 5.32 Å². The maximum Gasteiger partial charge on any atom is 0.417 e. The van der Waals surface area contributed by atoms with Gasteiger partial charge >= 0.3 is 12.1 Å². The molecule has 41 heavy (non-hydrogen) atoms. The van der Waals surface area contributed by atoms with Gasteiger partial charge in [-0.05, 0) is 37.1 Å². The Kier molecular flexibility index (Phi) is 9.57. The highest BCUT2D eigenvalue weighted by Crippen LogP contribution is 2.31. The number of pyridine rings is 1. The first-order valence-electron chi connectivity index (χ1n) is 13.4. The number of anilines is 1. The number of para-hydroxylation sites is 1. The number of nitrogens with zero attached hydrogens (tertiary/aromatic N) is 3. The monoisotopic (exact) mass is 556 g/mol. The molecule has 0 radical (unpaired) electrons. The van der Waals surface area contributed by atoms with Crippen LogP contribution in [0.2, 0.25) is 0 Å². The number of aliphatic carboxylic acids is 1. The zero-order valence-corrected chi connectivity index (χ0v) is 22.9. The molecular formula is C31H32N4O6. The number of aromatic nitrogens is 1.